The zero-order valence-corrected chi connectivity index (χ0v) is 15.8. The van der Waals surface area contributed by atoms with Gasteiger partial charge in [0.15, 0.2) is 9.84 Å². The summed E-state index contributed by atoms with van der Waals surface area (Å²) < 4.78 is 30.4. The van der Waals surface area contributed by atoms with E-state index in [-0.39, 0.29) is 6.04 Å². The van der Waals surface area contributed by atoms with Crippen molar-refractivity contribution in [1.82, 2.24) is 5.32 Å². The van der Waals surface area contributed by atoms with Crippen molar-refractivity contribution in [3.8, 4) is 5.75 Å². The first-order valence-electron chi connectivity index (χ1n) is 8.22. The molecule has 1 aromatic rings. The molecule has 130 valence electrons. The van der Waals surface area contributed by atoms with E-state index < -0.39 is 20.8 Å². The average Bonchev–Trinajstić information content (AvgIpc) is 2.37. The first-order chi connectivity index (χ1) is 10.5. The van der Waals surface area contributed by atoms with Crippen molar-refractivity contribution in [3.63, 3.8) is 0 Å². The number of rotatable bonds is 5. The molecule has 4 nitrogen and oxygen atoms in total. The van der Waals surface area contributed by atoms with Gasteiger partial charge in [-0.2, -0.15) is 0 Å². The predicted octanol–water partition coefficient (Wildman–Crippen LogP) is 3.08. The summed E-state index contributed by atoms with van der Waals surface area (Å²) in [7, 11) is -3.16. The fourth-order valence-electron chi connectivity index (χ4n) is 3.07. The van der Waals surface area contributed by atoms with E-state index in [0.717, 1.165) is 17.7 Å². The van der Waals surface area contributed by atoms with E-state index in [4.69, 9.17) is 4.74 Å². The monoisotopic (exact) mass is 339 g/mol. The molecule has 1 heterocycles. The highest BCUT2D eigenvalue weighted by molar-refractivity contribution is 7.91. The molecule has 23 heavy (non-hydrogen) atoms. The van der Waals surface area contributed by atoms with Gasteiger partial charge >= 0.3 is 0 Å². The Labute approximate surface area is 140 Å². The Morgan fingerprint density at radius 2 is 2.00 bits per heavy atom. The van der Waals surface area contributed by atoms with Gasteiger partial charge in [0.25, 0.3) is 0 Å². The van der Waals surface area contributed by atoms with Gasteiger partial charge in [-0.1, -0.05) is 31.5 Å². The molecule has 1 N–H and O–H groups in total. The molecule has 0 saturated carbocycles. The third-order valence-corrected chi connectivity index (χ3v) is 5.80. The van der Waals surface area contributed by atoms with E-state index >= 15 is 0 Å². The summed E-state index contributed by atoms with van der Waals surface area (Å²) in [5.41, 5.74) is 1.87. The van der Waals surface area contributed by atoms with Gasteiger partial charge in [0.1, 0.15) is 16.7 Å². The normalized spacial score (nSPS) is 21.6. The van der Waals surface area contributed by atoms with Crippen LogP contribution in [0.3, 0.4) is 0 Å². The second-order valence-corrected chi connectivity index (χ2v) is 9.92. The Balaban J connectivity index is 2.27. The van der Waals surface area contributed by atoms with Crippen LogP contribution in [0.2, 0.25) is 0 Å². The minimum absolute atomic E-state index is 0.0460. The molecule has 0 fully saturated rings. The van der Waals surface area contributed by atoms with Crippen LogP contribution in [-0.4, -0.2) is 31.7 Å². The number of benzene rings is 1. The number of ether oxygens (including phenoxy) is 1. The van der Waals surface area contributed by atoms with Crippen molar-refractivity contribution in [3.05, 3.63) is 29.3 Å². The number of aryl methyl sites for hydroxylation is 1. The molecule has 0 bridgehead atoms. The zero-order chi connectivity index (χ0) is 17.4. The molecule has 0 radical (unpaired) electrons. The van der Waals surface area contributed by atoms with Crippen LogP contribution in [0.15, 0.2) is 18.2 Å². The fraction of sp³-hybridized carbons (Fsp3) is 0.667. The molecule has 1 aliphatic heterocycles. The zero-order valence-electron chi connectivity index (χ0n) is 15.0. The Hall–Kier alpha value is -1.07. The van der Waals surface area contributed by atoms with Crippen LogP contribution < -0.4 is 10.1 Å². The van der Waals surface area contributed by atoms with Crippen molar-refractivity contribution in [2.75, 3.05) is 6.26 Å². The van der Waals surface area contributed by atoms with E-state index in [0.29, 0.717) is 12.3 Å². The third kappa shape index (κ3) is 4.48. The Morgan fingerprint density at radius 3 is 2.57 bits per heavy atom. The maximum absolute atomic E-state index is 12.1. The van der Waals surface area contributed by atoms with Crippen molar-refractivity contribution in [2.45, 2.75) is 64.5 Å². The van der Waals surface area contributed by atoms with Crippen molar-refractivity contribution in [1.29, 1.82) is 0 Å². The van der Waals surface area contributed by atoms with Crippen LogP contribution in [0.5, 0.6) is 5.75 Å². The van der Waals surface area contributed by atoms with Gasteiger partial charge in [-0.05, 0) is 51.2 Å². The van der Waals surface area contributed by atoms with Crippen LogP contribution in [0.25, 0.3) is 0 Å². The maximum atomic E-state index is 12.1. The highest BCUT2D eigenvalue weighted by atomic mass is 32.2. The van der Waals surface area contributed by atoms with E-state index in [2.05, 4.69) is 18.3 Å². The molecule has 0 saturated heterocycles. The average molecular weight is 340 g/mol. The Morgan fingerprint density at radius 1 is 1.35 bits per heavy atom. The SMILES string of the molecule is Cc1ccc2c(c1)CC(NC(CC(C)C)S(C)(=O)=O)C(C)(C)O2. The molecule has 1 aromatic carbocycles. The molecule has 0 aromatic heterocycles. The minimum atomic E-state index is -3.16. The van der Waals surface area contributed by atoms with E-state index in [1.165, 1.54) is 11.8 Å². The molecule has 0 aliphatic carbocycles. The highest BCUT2D eigenvalue weighted by Gasteiger charge is 2.39. The fourth-order valence-corrected chi connectivity index (χ4v) is 4.21. The molecule has 2 rings (SSSR count). The van der Waals surface area contributed by atoms with Gasteiger partial charge in [0.2, 0.25) is 0 Å². The summed E-state index contributed by atoms with van der Waals surface area (Å²) in [5, 5.41) is 2.82. The van der Waals surface area contributed by atoms with Crippen LogP contribution in [0, 0.1) is 12.8 Å². The Kier molecular flexibility index (Phi) is 5.12. The molecule has 2 atom stereocenters. The quantitative estimate of drug-likeness (QED) is 0.896. The van der Waals surface area contributed by atoms with E-state index in [1.54, 1.807) is 0 Å². The molecular weight excluding hydrogens is 310 g/mol. The molecule has 2 unspecified atom stereocenters. The largest absolute Gasteiger partial charge is 0.486 e. The van der Waals surface area contributed by atoms with Gasteiger partial charge < -0.3 is 4.74 Å². The molecular formula is C18H29NO3S. The Bertz CT molecular complexity index is 665. The van der Waals surface area contributed by atoms with Crippen molar-refractivity contribution in [2.24, 2.45) is 5.92 Å². The number of hydrogen-bond donors (Lipinski definition) is 1. The first-order valence-corrected chi connectivity index (χ1v) is 10.2. The lowest BCUT2D eigenvalue weighted by Gasteiger charge is -2.42. The second-order valence-electron chi connectivity index (χ2n) is 7.69. The van der Waals surface area contributed by atoms with Crippen molar-refractivity contribution < 1.29 is 13.2 Å². The minimum Gasteiger partial charge on any atom is -0.486 e. The lowest BCUT2D eigenvalue weighted by atomic mass is 9.88. The third-order valence-electron chi connectivity index (χ3n) is 4.44. The topological polar surface area (TPSA) is 55.4 Å². The van der Waals surface area contributed by atoms with Gasteiger partial charge in [-0.15, -0.1) is 0 Å². The summed E-state index contributed by atoms with van der Waals surface area (Å²) in [6, 6.07) is 6.12. The number of sulfone groups is 1. The molecule has 0 spiro atoms. The summed E-state index contributed by atoms with van der Waals surface area (Å²) in [6.45, 7) is 10.2. The number of fused-ring (bicyclic) bond motifs is 1. The summed E-state index contributed by atoms with van der Waals surface area (Å²) in [4.78, 5) is 0. The molecule has 5 heteroatoms. The van der Waals surface area contributed by atoms with E-state index in [9.17, 15) is 8.42 Å². The summed E-state index contributed by atoms with van der Waals surface area (Å²) >= 11 is 0. The van der Waals surface area contributed by atoms with Gasteiger partial charge in [0.05, 0.1) is 6.04 Å². The van der Waals surface area contributed by atoms with Gasteiger partial charge in [-0.25, -0.2) is 8.42 Å². The smallest absolute Gasteiger partial charge is 0.163 e. The van der Waals surface area contributed by atoms with Gasteiger partial charge in [-0.3, -0.25) is 5.32 Å². The number of hydrogen-bond acceptors (Lipinski definition) is 4. The van der Waals surface area contributed by atoms with Crippen LogP contribution in [0.1, 0.15) is 45.2 Å². The molecule has 0 amide bonds. The van der Waals surface area contributed by atoms with Crippen molar-refractivity contribution >= 4 is 9.84 Å². The number of nitrogens with one attached hydrogen (secondary N) is 1. The van der Waals surface area contributed by atoms with Crippen LogP contribution in [0.4, 0.5) is 0 Å². The summed E-state index contributed by atoms with van der Waals surface area (Å²) in [6.07, 6.45) is 2.68. The van der Waals surface area contributed by atoms with Crippen LogP contribution >= 0.6 is 0 Å². The second kappa shape index (κ2) is 6.44. The lowest BCUT2D eigenvalue weighted by molar-refractivity contribution is 0.0460. The standard InChI is InChI=1S/C18H29NO3S/c1-12(2)9-17(23(6,20)21)19-16-11-14-10-13(3)7-8-15(14)22-18(16,4)5/h7-8,10,12,16-17,19H,9,11H2,1-6H3. The molecule has 1 aliphatic rings. The first kappa shape index (κ1) is 18.3. The highest BCUT2D eigenvalue weighted by Crippen LogP contribution is 2.34. The van der Waals surface area contributed by atoms with E-state index in [1.807, 2.05) is 39.8 Å². The predicted molar refractivity (Wildman–Crippen MR) is 94.6 cm³/mol. The van der Waals surface area contributed by atoms with Gasteiger partial charge in [0, 0.05) is 6.26 Å². The summed E-state index contributed by atoms with van der Waals surface area (Å²) in [5.74, 6) is 1.21. The van der Waals surface area contributed by atoms with Crippen LogP contribution in [-0.2, 0) is 16.3 Å². The lowest BCUT2D eigenvalue weighted by Crippen LogP contribution is -2.58. The maximum Gasteiger partial charge on any atom is 0.163 e.